The summed E-state index contributed by atoms with van der Waals surface area (Å²) in [6, 6.07) is 2.58. The van der Waals surface area contributed by atoms with Gasteiger partial charge < -0.3 is 9.64 Å². The van der Waals surface area contributed by atoms with Crippen LogP contribution in [-0.4, -0.2) is 60.3 Å². The molecule has 1 aromatic heterocycles. The van der Waals surface area contributed by atoms with Crippen molar-refractivity contribution in [3.63, 3.8) is 0 Å². The first-order chi connectivity index (χ1) is 8.93. The van der Waals surface area contributed by atoms with Crippen molar-refractivity contribution in [2.24, 2.45) is 0 Å². The van der Waals surface area contributed by atoms with Crippen molar-refractivity contribution >= 4 is 5.95 Å². The van der Waals surface area contributed by atoms with Gasteiger partial charge in [-0.1, -0.05) is 0 Å². The zero-order valence-corrected chi connectivity index (χ0v) is 10.7. The van der Waals surface area contributed by atoms with Crippen molar-refractivity contribution in [1.29, 1.82) is 0 Å². The summed E-state index contributed by atoms with van der Waals surface area (Å²) in [4.78, 5) is 13.5. The quantitative estimate of drug-likeness (QED) is 0.773. The van der Waals surface area contributed by atoms with Gasteiger partial charge in [-0.3, -0.25) is 4.90 Å². The zero-order valence-electron chi connectivity index (χ0n) is 10.7. The van der Waals surface area contributed by atoms with E-state index in [4.69, 9.17) is 4.74 Å². The molecular weight excluding hydrogens is 228 g/mol. The fraction of sp³-hybridized carbons (Fsp3) is 0.692. The molecule has 1 aromatic rings. The SMILES string of the molecule is c1cnc(N2CCN(C3CCOCC3)CC2)nc1. The minimum Gasteiger partial charge on any atom is -0.381 e. The molecule has 2 aliphatic heterocycles. The Morgan fingerprint density at radius 1 is 1.00 bits per heavy atom. The Bertz CT molecular complexity index is 359. The van der Waals surface area contributed by atoms with Gasteiger partial charge in [-0.05, 0) is 18.9 Å². The Hall–Kier alpha value is -1.20. The van der Waals surface area contributed by atoms with E-state index in [0.717, 1.165) is 51.4 Å². The lowest BCUT2D eigenvalue weighted by Crippen LogP contribution is -2.52. The summed E-state index contributed by atoms with van der Waals surface area (Å²) in [5.41, 5.74) is 0. The van der Waals surface area contributed by atoms with Gasteiger partial charge in [0, 0.05) is 57.8 Å². The predicted octanol–water partition coefficient (Wildman–Crippen LogP) is 0.778. The van der Waals surface area contributed by atoms with E-state index in [1.165, 1.54) is 12.8 Å². The molecule has 0 atom stereocenters. The van der Waals surface area contributed by atoms with Crippen molar-refractivity contribution in [3.8, 4) is 0 Å². The maximum atomic E-state index is 5.42. The number of anilines is 1. The molecule has 0 bridgehead atoms. The summed E-state index contributed by atoms with van der Waals surface area (Å²) in [5, 5.41) is 0. The molecule has 5 nitrogen and oxygen atoms in total. The van der Waals surface area contributed by atoms with Crippen molar-refractivity contribution in [1.82, 2.24) is 14.9 Å². The second-order valence-electron chi connectivity index (χ2n) is 4.92. The molecular formula is C13H20N4O. The topological polar surface area (TPSA) is 41.5 Å². The number of nitrogens with zero attached hydrogens (tertiary/aromatic N) is 4. The molecule has 0 spiro atoms. The first kappa shape index (κ1) is 11.9. The minimum absolute atomic E-state index is 0.720. The van der Waals surface area contributed by atoms with E-state index < -0.39 is 0 Å². The van der Waals surface area contributed by atoms with Gasteiger partial charge in [0.2, 0.25) is 5.95 Å². The lowest BCUT2D eigenvalue weighted by atomic mass is 10.1. The van der Waals surface area contributed by atoms with Crippen LogP contribution in [0.4, 0.5) is 5.95 Å². The summed E-state index contributed by atoms with van der Waals surface area (Å²) in [5.74, 6) is 0.865. The smallest absolute Gasteiger partial charge is 0.225 e. The van der Waals surface area contributed by atoms with Gasteiger partial charge in [0.05, 0.1) is 0 Å². The summed E-state index contributed by atoms with van der Waals surface area (Å²) in [6.07, 6.45) is 5.99. The molecule has 0 amide bonds. The van der Waals surface area contributed by atoms with Gasteiger partial charge >= 0.3 is 0 Å². The molecule has 2 saturated heterocycles. The molecule has 2 fully saturated rings. The Kier molecular flexibility index (Phi) is 3.71. The normalized spacial score (nSPS) is 23.2. The fourth-order valence-corrected chi connectivity index (χ4v) is 2.79. The summed E-state index contributed by atoms with van der Waals surface area (Å²) >= 11 is 0. The van der Waals surface area contributed by atoms with E-state index in [0.29, 0.717) is 0 Å². The van der Waals surface area contributed by atoms with E-state index in [9.17, 15) is 0 Å². The van der Waals surface area contributed by atoms with Crippen LogP contribution in [0.15, 0.2) is 18.5 Å². The summed E-state index contributed by atoms with van der Waals surface area (Å²) in [6.45, 7) is 6.13. The maximum Gasteiger partial charge on any atom is 0.225 e. The van der Waals surface area contributed by atoms with Gasteiger partial charge in [0.1, 0.15) is 0 Å². The monoisotopic (exact) mass is 248 g/mol. The zero-order chi connectivity index (χ0) is 12.2. The number of hydrogen-bond acceptors (Lipinski definition) is 5. The highest BCUT2D eigenvalue weighted by Crippen LogP contribution is 2.17. The third kappa shape index (κ3) is 2.62. The maximum absolute atomic E-state index is 5.42. The van der Waals surface area contributed by atoms with Crippen LogP contribution < -0.4 is 4.90 Å². The Labute approximate surface area is 108 Å². The average Bonchev–Trinajstić information content (AvgIpc) is 2.49. The van der Waals surface area contributed by atoms with Crippen molar-refractivity contribution in [2.75, 3.05) is 44.3 Å². The number of rotatable bonds is 2. The Morgan fingerprint density at radius 2 is 1.67 bits per heavy atom. The average molecular weight is 248 g/mol. The molecule has 5 heteroatoms. The third-order valence-electron chi connectivity index (χ3n) is 3.86. The predicted molar refractivity (Wildman–Crippen MR) is 69.7 cm³/mol. The molecule has 18 heavy (non-hydrogen) atoms. The molecule has 0 aromatic carbocycles. The molecule has 0 unspecified atom stereocenters. The van der Waals surface area contributed by atoms with Crippen LogP contribution in [0.25, 0.3) is 0 Å². The second kappa shape index (κ2) is 5.63. The van der Waals surface area contributed by atoms with Crippen molar-refractivity contribution in [2.45, 2.75) is 18.9 Å². The molecule has 0 radical (unpaired) electrons. The number of piperazine rings is 1. The van der Waals surface area contributed by atoms with Gasteiger partial charge in [-0.15, -0.1) is 0 Å². The summed E-state index contributed by atoms with van der Waals surface area (Å²) < 4.78 is 5.42. The van der Waals surface area contributed by atoms with E-state index in [-0.39, 0.29) is 0 Å². The lowest BCUT2D eigenvalue weighted by Gasteiger charge is -2.40. The van der Waals surface area contributed by atoms with Crippen LogP contribution in [0, 0.1) is 0 Å². The number of ether oxygens (including phenoxy) is 1. The third-order valence-corrected chi connectivity index (χ3v) is 3.86. The van der Waals surface area contributed by atoms with Crippen LogP contribution in [0.5, 0.6) is 0 Å². The molecule has 3 heterocycles. The molecule has 0 saturated carbocycles. The fourth-order valence-electron chi connectivity index (χ4n) is 2.79. The Balaban J connectivity index is 1.54. The van der Waals surface area contributed by atoms with Crippen LogP contribution in [0.1, 0.15) is 12.8 Å². The second-order valence-corrected chi connectivity index (χ2v) is 4.92. The van der Waals surface area contributed by atoms with Crippen molar-refractivity contribution < 1.29 is 4.74 Å². The van der Waals surface area contributed by atoms with Crippen molar-refractivity contribution in [3.05, 3.63) is 18.5 Å². The first-order valence-corrected chi connectivity index (χ1v) is 6.77. The minimum atomic E-state index is 0.720. The molecule has 0 aliphatic carbocycles. The molecule has 3 rings (SSSR count). The number of hydrogen-bond donors (Lipinski definition) is 0. The lowest BCUT2D eigenvalue weighted by molar-refractivity contribution is 0.0320. The standard InChI is InChI=1S/C13H20N4O/c1-4-14-13(15-5-1)17-8-6-16(7-9-17)12-2-10-18-11-3-12/h1,4-5,12H,2-3,6-11H2. The van der Waals surface area contributed by atoms with Gasteiger partial charge in [0.25, 0.3) is 0 Å². The number of aromatic nitrogens is 2. The van der Waals surface area contributed by atoms with E-state index in [2.05, 4.69) is 19.8 Å². The molecule has 0 N–H and O–H groups in total. The highest BCUT2D eigenvalue weighted by molar-refractivity contribution is 5.29. The van der Waals surface area contributed by atoms with Crippen LogP contribution in [-0.2, 0) is 4.74 Å². The summed E-state index contributed by atoms with van der Waals surface area (Å²) in [7, 11) is 0. The highest BCUT2D eigenvalue weighted by atomic mass is 16.5. The highest BCUT2D eigenvalue weighted by Gasteiger charge is 2.25. The largest absolute Gasteiger partial charge is 0.381 e. The van der Waals surface area contributed by atoms with E-state index in [1.54, 1.807) is 0 Å². The van der Waals surface area contributed by atoms with E-state index >= 15 is 0 Å². The van der Waals surface area contributed by atoms with Crippen LogP contribution in [0.2, 0.25) is 0 Å². The molecule has 2 aliphatic rings. The van der Waals surface area contributed by atoms with Gasteiger partial charge in [-0.2, -0.15) is 0 Å². The van der Waals surface area contributed by atoms with Gasteiger partial charge in [0.15, 0.2) is 0 Å². The van der Waals surface area contributed by atoms with Gasteiger partial charge in [-0.25, -0.2) is 9.97 Å². The van der Waals surface area contributed by atoms with Crippen LogP contribution >= 0.6 is 0 Å². The molecule has 98 valence electrons. The van der Waals surface area contributed by atoms with Crippen LogP contribution in [0.3, 0.4) is 0 Å². The first-order valence-electron chi connectivity index (χ1n) is 6.77. The Morgan fingerprint density at radius 3 is 2.33 bits per heavy atom. The van der Waals surface area contributed by atoms with E-state index in [1.807, 2.05) is 18.5 Å².